The van der Waals surface area contributed by atoms with Gasteiger partial charge in [-0.1, -0.05) is 18.7 Å². The quantitative estimate of drug-likeness (QED) is 0.543. The number of hydrogen-bond donors (Lipinski definition) is 1. The molecule has 0 saturated carbocycles. The van der Waals surface area contributed by atoms with Crippen LogP contribution in [-0.4, -0.2) is 21.6 Å². The van der Waals surface area contributed by atoms with Crippen LogP contribution in [0.3, 0.4) is 0 Å². The van der Waals surface area contributed by atoms with Crippen molar-refractivity contribution in [3.63, 3.8) is 0 Å². The Morgan fingerprint density at radius 3 is 3.00 bits per heavy atom. The zero-order valence-corrected chi connectivity index (χ0v) is 14.6. The maximum atomic E-state index is 12.0. The minimum atomic E-state index is -0.0907. The predicted octanol–water partition coefficient (Wildman–Crippen LogP) is 3.77. The van der Waals surface area contributed by atoms with Crippen LogP contribution in [0.5, 0.6) is 5.75 Å². The summed E-state index contributed by atoms with van der Waals surface area (Å²) in [5.41, 5.74) is 0.759. The Bertz CT molecular complexity index is 873. The third kappa shape index (κ3) is 3.73. The van der Waals surface area contributed by atoms with E-state index in [1.165, 1.54) is 4.88 Å². The van der Waals surface area contributed by atoms with Gasteiger partial charge < -0.3 is 9.72 Å². The number of fused-ring (bicyclic) bond motifs is 1. The number of hydrogen-bond acceptors (Lipinski definition) is 6. The second-order valence-corrected chi connectivity index (χ2v) is 7.28. The highest BCUT2D eigenvalue weighted by Gasteiger charge is 2.09. The summed E-state index contributed by atoms with van der Waals surface area (Å²) in [5, 5.41) is 2.01. The van der Waals surface area contributed by atoms with Crippen LogP contribution in [0.25, 0.3) is 10.2 Å². The molecule has 3 rings (SSSR count). The molecule has 3 heterocycles. The number of thiophene rings is 1. The van der Waals surface area contributed by atoms with Crippen molar-refractivity contribution in [2.24, 2.45) is 0 Å². The SMILES string of the molecule is CCCOc1c[nH]c(CSc2ncnc3sc(C)cc23)cc1=O. The largest absolute Gasteiger partial charge is 0.488 e. The number of H-pyrrole nitrogens is 1. The topological polar surface area (TPSA) is 67.9 Å². The molecule has 3 aromatic rings. The van der Waals surface area contributed by atoms with E-state index in [4.69, 9.17) is 4.74 Å². The van der Waals surface area contributed by atoms with Crippen molar-refractivity contribution < 1.29 is 4.74 Å². The van der Waals surface area contributed by atoms with Gasteiger partial charge in [-0.3, -0.25) is 4.79 Å². The molecule has 23 heavy (non-hydrogen) atoms. The first-order valence-corrected chi connectivity index (χ1v) is 9.16. The maximum Gasteiger partial charge on any atom is 0.223 e. The van der Waals surface area contributed by atoms with Gasteiger partial charge in [0.2, 0.25) is 5.43 Å². The van der Waals surface area contributed by atoms with Crippen molar-refractivity contribution >= 4 is 33.3 Å². The van der Waals surface area contributed by atoms with Gasteiger partial charge in [-0.2, -0.15) is 0 Å². The lowest BCUT2D eigenvalue weighted by Gasteiger charge is -2.06. The average molecular weight is 347 g/mol. The van der Waals surface area contributed by atoms with Crippen molar-refractivity contribution in [2.75, 3.05) is 6.61 Å². The molecule has 0 radical (unpaired) electrons. The number of pyridine rings is 1. The number of ether oxygens (including phenoxy) is 1. The van der Waals surface area contributed by atoms with Crippen LogP contribution in [0.4, 0.5) is 0 Å². The lowest BCUT2D eigenvalue weighted by molar-refractivity contribution is 0.313. The van der Waals surface area contributed by atoms with E-state index < -0.39 is 0 Å². The Hall–Kier alpha value is -1.86. The summed E-state index contributed by atoms with van der Waals surface area (Å²) >= 11 is 3.25. The molecule has 0 bridgehead atoms. The van der Waals surface area contributed by atoms with Crippen molar-refractivity contribution in [1.29, 1.82) is 0 Å². The second kappa shape index (κ2) is 7.14. The van der Waals surface area contributed by atoms with Gasteiger partial charge in [0.1, 0.15) is 16.2 Å². The third-order valence-electron chi connectivity index (χ3n) is 3.18. The maximum absolute atomic E-state index is 12.0. The molecule has 3 aromatic heterocycles. The number of nitrogens with zero attached hydrogens (tertiary/aromatic N) is 2. The molecule has 0 spiro atoms. The zero-order valence-electron chi connectivity index (χ0n) is 13.0. The Labute approximate surface area is 142 Å². The Balaban J connectivity index is 1.75. The molecule has 0 aromatic carbocycles. The molecule has 0 atom stereocenters. The van der Waals surface area contributed by atoms with Crippen molar-refractivity contribution in [2.45, 2.75) is 31.0 Å². The van der Waals surface area contributed by atoms with Crippen LogP contribution in [-0.2, 0) is 5.75 Å². The fourth-order valence-electron chi connectivity index (χ4n) is 2.12. The summed E-state index contributed by atoms with van der Waals surface area (Å²) in [6.07, 6.45) is 4.10. The smallest absolute Gasteiger partial charge is 0.223 e. The van der Waals surface area contributed by atoms with Gasteiger partial charge in [0.25, 0.3) is 0 Å². The molecule has 0 aliphatic rings. The highest BCUT2D eigenvalue weighted by atomic mass is 32.2. The molecule has 1 N–H and O–H groups in total. The van der Waals surface area contributed by atoms with Crippen LogP contribution >= 0.6 is 23.1 Å². The molecular formula is C16H17N3O2S2. The van der Waals surface area contributed by atoms with E-state index in [1.807, 2.05) is 6.92 Å². The molecule has 120 valence electrons. The van der Waals surface area contributed by atoms with E-state index >= 15 is 0 Å². The summed E-state index contributed by atoms with van der Waals surface area (Å²) in [4.78, 5) is 26.0. The zero-order chi connectivity index (χ0) is 16.2. The number of aromatic nitrogens is 3. The number of thioether (sulfide) groups is 1. The number of aromatic amines is 1. The van der Waals surface area contributed by atoms with Gasteiger partial charge in [-0.15, -0.1) is 11.3 Å². The summed E-state index contributed by atoms with van der Waals surface area (Å²) in [5.74, 6) is 1.02. The summed E-state index contributed by atoms with van der Waals surface area (Å²) < 4.78 is 5.39. The van der Waals surface area contributed by atoms with Gasteiger partial charge in [0.05, 0.1) is 6.61 Å². The van der Waals surface area contributed by atoms with Gasteiger partial charge >= 0.3 is 0 Å². The minimum absolute atomic E-state index is 0.0907. The number of aryl methyl sites for hydroxylation is 1. The van der Waals surface area contributed by atoms with Crippen LogP contribution in [0, 0.1) is 6.92 Å². The van der Waals surface area contributed by atoms with Gasteiger partial charge in [-0.25, -0.2) is 9.97 Å². The average Bonchev–Trinajstić information content (AvgIpc) is 2.92. The molecule has 0 unspecified atom stereocenters. The van der Waals surface area contributed by atoms with E-state index in [-0.39, 0.29) is 5.43 Å². The number of rotatable bonds is 6. The molecule has 5 nitrogen and oxygen atoms in total. The van der Waals surface area contributed by atoms with Gasteiger partial charge in [0, 0.05) is 34.0 Å². The molecule has 0 aliphatic heterocycles. The predicted molar refractivity (Wildman–Crippen MR) is 94.6 cm³/mol. The lowest BCUT2D eigenvalue weighted by atomic mass is 10.3. The molecular weight excluding hydrogens is 330 g/mol. The highest BCUT2D eigenvalue weighted by Crippen LogP contribution is 2.31. The third-order valence-corrected chi connectivity index (χ3v) is 5.19. The molecule has 7 heteroatoms. The van der Waals surface area contributed by atoms with Crippen molar-refractivity contribution in [3.8, 4) is 5.75 Å². The van der Waals surface area contributed by atoms with Crippen LogP contribution < -0.4 is 10.2 Å². The van der Waals surface area contributed by atoms with E-state index in [0.717, 1.165) is 27.4 Å². The number of nitrogens with one attached hydrogen (secondary N) is 1. The Morgan fingerprint density at radius 2 is 2.22 bits per heavy atom. The summed E-state index contributed by atoms with van der Waals surface area (Å²) in [7, 11) is 0. The second-order valence-electron chi connectivity index (χ2n) is 5.08. The van der Waals surface area contributed by atoms with Crippen LogP contribution in [0.2, 0.25) is 0 Å². The van der Waals surface area contributed by atoms with Gasteiger partial charge in [0.15, 0.2) is 5.75 Å². The van der Waals surface area contributed by atoms with Crippen LogP contribution in [0.15, 0.2) is 34.5 Å². The highest BCUT2D eigenvalue weighted by molar-refractivity contribution is 7.98. The van der Waals surface area contributed by atoms with E-state index in [0.29, 0.717) is 18.1 Å². The Morgan fingerprint density at radius 1 is 1.35 bits per heavy atom. The Kier molecular flexibility index (Phi) is 4.97. The first-order valence-electron chi connectivity index (χ1n) is 7.35. The van der Waals surface area contributed by atoms with Crippen LogP contribution in [0.1, 0.15) is 23.9 Å². The van der Waals surface area contributed by atoms with Crippen molar-refractivity contribution in [1.82, 2.24) is 15.0 Å². The van der Waals surface area contributed by atoms with Crippen molar-refractivity contribution in [3.05, 3.63) is 45.5 Å². The normalized spacial score (nSPS) is 11.0. The fraction of sp³-hybridized carbons (Fsp3) is 0.312. The monoisotopic (exact) mass is 347 g/mol. The van der Waals surface area contributed by atoms with E-state index in [1.54, 1.807) is 41.7 Å². The summed E-state index contributed by atoms with van der Waals surface area (Å²) in [6, 6.07) is 3.70. The molecule has 0 saturated heterocycles. The van der Waals surface area contributed by atoms with Gasteiger partial charge in [-0.05, 0) is 19.4 Å². The first kappa shape index (κ1) is 16.0. The fourth-order valence-corrected chi connectivity index (χ4v) is 3.93. The minimum Gasteiger partial charge on any atom is -0.488 e. The van der Waals surface area contributed by atoms with E-state index in [2.05, 4.69) is 27.9 Å². The summed E-state index contributed by atoms with van der Waals surface area (Å²) in [6.45, 7) is 4.62. The first-order chi connectivity index (χ1) is 11.2. The molecule has 0 fully saturated rings. The molecule has 0 amide bonds. The lowest BCUT2D eigenvalue weighted by Crippen LogP contribution is -2.09. The van der Waals surface area contributed by atoms with E-state index in [9.17, 15) is 4.79 Å². The molecule has 0 aliphatic carbocycles. The standard InChI is InChI=1S/C16H17N3O2S2/c1-3-4-21-14-7-17-11(6-13(14)20)8-22-15-12-5-10(2)23-16(12)19-9-18-15/h5-7,9H,3-4,8H2,1-2H3,(H,17,20).